The molecule has 0 unspecified atom stereocenters. The van der Waals surface area contributed by atoms with Crippen LogP contribution in [0, 0.1) is 5.82 Å². The van der Waals surface area contributed by atoms with Crippen LogP contribution in [-0.2, 0) is 6.61 Å². The second-order valence-corrected chi connectivity index (χ2v) is 5.66. The SMILES string of the molecule is CC(C)n1c(COc2ccc(F)cc2)cc2ccc(N)cc21. The van der Waals surface area contributed by atoms with Gasteiger partial charge >= 0.3 is 0 Å². The highest BCUT2D eigenvalue weighted by Crippen LogP contribution is 2.27. The number of hydrogen-bond acceptors (Lipinski definition) is 2. The third-order valence-electron chi connectivity index (χ3n) is 3.66. The van der Waals surface area contributed by atoms with E-state index < -0.39 is 0 Å². The Morgan fingerprint density at radius 1 is 1.09 bits per heavy atom. The minimum Gasteiger partial charge on any atom is -0.487 e. The molecule has 0 spiro atoms. The second-order valence-electron chi connectivity index (χ2n) is 5.66. The first-order chi connectivity index (χ1) is 10.5. The van der Waals surface area contributed by atoms with E-state index in [9.17, 15) is 4.39 Å². The number of benzene rings is 2. The van der Waals surface area contributed by atoms with Gasteiger partial charge in [0, 0.05) is 17.1 Å². The summed E-state index contributed by atoms with van der Waals surface area (Å²) in [5, 5.41) is 1.14. The summed E-state index contributed by atoms with van der Waals surface area (Å²) in [6.07, 6.45) is 0. The standard InChI is InChI=1S/C18H19FN2O/c1-12(2)21-16(9-13-3-6-15(20)10-18(13)21)11-22-17-7-4-14(19)5-8-17/h3-10,12H,11,20H2,1-2H3. The van der Waals surface area contributed by atoms with Gasteiger partial charge in [0.1, 0.15) is 18.2 Å². The molecule has 0 bridgehead atoms. The van der Waals surface area contributed by atoms with Gasteiger partial charge in [-0.15, -0.1) is 0 Å². The molecule has 1 heterocycles. The van der Waals surface area contributed by atoms with E-state index in [1.807, 2.05) is 18.2 Å². The number of nitrogen functional groups attached to an aromatic ring is 1. The van der Waals surface area contributed by atoms with Gasteiger partial charge in [0.15, 0.2) is 0 Å². The van der Waals surface area contributed by atoms with Gasteiger partial charge in [-0.25, -0.2) is 4.39 Å². The molecular formula is C18H19FN2O. The molecule has 0 saturated carbocycles. The molecule has 0 fully saturated rings. The van der Waals surface area contributed by atoms with Gasteiger partial charge in [-0.3, -0.25) is 0 Å². The lowest BCUT2D eigenvalue weighted by atomic mass is 10.2. The molecule has 0 aliphatic rings. The highest BCUT2D eigenvalue weighted by Gasteiger charge is 2.12. The van der Waals surface area contributed by atoms with E-state index in [4.69, 9.17) is 10.5 Å². The average Bonchev–Trinajstić information content (AvgIpc) is 2.84. The summed E-state index contributed by atoms with van der Waals surface area (Å²) in [5.41, 5.74) is 8.82. The van der Waals surface area contributed by atoms with E-state index in [1.165, 1.54) is 12.1 Å². The molecule has 0 saturated heterocycles. The zero-order valence-electron chi connectivity index (χ0n) is 12.7. The molecule has 0 amide bonds. The number of rotatable bonds is 4. The normalized spacial score (nSPS) is 11.3. The molecule has 3 aromatic rings. The molecule has 4 heteroatoms. The van der Waals surface area contributed by atoms with E-state index in [0.29, 0.717) is 18.4 Å². The monoisotopic (exact) mass is 298 g/mol. The fourth-order valence-corrected chi connectivity index (χ4v) is 2.70. The van der Waals surface area contributed by atoms with Crippen molar-refractivity contribution in [3.63, 3.8) is 0 Å². The minimum absolute atomic E-state index is 0.265. The third kappa shape index (κ3) is 2.77. The molecule has 0 aliphatic heterocycles. The van der Waals surface area contributed by atoms with E-state index in [2.05, 4.69) is 24.5 Å². The zero-order valence-corrected chi connectivity index (χ0v) is 12.7. The van der Waals surface area contributed by atoms with Gasteiger partial charge in [0.2, 0.25) is 0 Å². The van der Waals surface area contributed by atoms with Gasteiger partial charge < -0.3 is 15.0 Å². The molecule has 2 aromatic carbocycles. The van der Waals surface area contributed by atoms with Crippen molar-refractivity contribution in [2.24, 2.45) is 0 Å². The van der Waals surface area contributed by atoms with Crippen LogP contribution in [0.3, 0.4) is 0 Å². The maximum absolute atomic E-state index is 12.9. The first kappa shape index (κ1) is 14.4. The first-order valence-electron chi connectivity index (χ1n) is 7.32. The third-order valence-corrected chi connectivity index (χ3v) is 3.66. The van der Waals surface area contributed by atoms with Crippen LogP contribution in [0.5, 0.6) is 5.75 Å². The van der Waals surface area contributed by atoms with Crippen LogP contribution < -0.4 is 10.5 Å². The van der Waals surface area contributed by atoms with Crippen LogP contribution in [0.15, 0.2) is 48.5 Å². The van der Waals surface area contributed by atoms with E-state index >= 15 is 0 Å². The molecule has 3 nitrogen and oxygen atoms in total. The summed E-state index contributed by atoms with van der Waals surface area (Å²) in [7, 11) is 0. The molecule has 0 radical (unpaired) electrons. The van der Waals surface area contributed by atoms with Crippen molar-refractivity contribution in [2.45, 2.75) is 26.5 Å². The molecule has 0 aliphatic carbocycles. The summed E-state index contributed by atoms with van der Waals surface area (Å²) in [6.45, 7) is 4.69. The van der Waals surface area contributed by atoms with Crippen molar-refractivity contribution >= 4 is 16.6 Å². The van der Waals surface area contributed by atoms with Gasteiger partial charge in [-0.1, -0.05) is 6.07 Å². The highest BCUT2D eigenvalue weighted by molar-refractivity contribution is 5.84. The Balaban J connectivity index is 1.92. The highest BCUT2D eigenvalue weighted by atomic mass is 19.1. The summed E-state index contributed by atoms with van der Waals surface area (Å²) >= 11 is 0. The number of fused-ring (bicyclic) bond motifs is 1. The largest absolute Gasteiger partial charge is 0.487 e. The van der Waals surface area contributed by atoms with E-state index in [0.717, 1.165) is 22.3 Å². The predicted molar refractivity (Wildman–Crippen MR) is 87.5 cm³/mol. The number of anilines is 1. The molecule has 1 aromatic heterocycles. The summed E-state index contributed by atoms with van der Waals surface area (Å²) in [6, 6.07) is 14.4. The average molecular weight is 298 g/mol. The number of hydrogen-bond donors (Lipinski definition) is 1. The van der Waals surface area contributed by atoms with Crippen molar-refractivity contribution in [1.29, 1.82) is 0 Å². The van der Waals surface area contributed by atoms with Crippen LogP contribution in [-0.4, -0.2) is 4.57 Å². The number of ether oxygens (including phenoxy) is 1. The van der Waals surface area contributed by atoms with Crippen molar-refractivity contribution in [3.8, 4) is 5.75 Å². The number of halogens is 1. The Hall–Kier alpha value is -2.49. The Kier molecular flexibility index (Phi) is 3.75. The topological polar surface area (TPSA) is 40.2 Å². The molecule has 22 heavy (non-hydrogen) atoms. The lowest BCUT2D eigenvalue weighted by molar-refractivity contribution is 0.292. The van der Waals surface area contributed by atoms with Crippen molar-refractivity contribution in [3.05, 3.63) is 60.0 Å². The first-order valence-corrected chi connectivity index (χ1v) is 7.32. The summed E-state index contributed by atoms with van der Waals surface area (Å²) < 4.78 is 20.9. The lowest BCUT2D eigenvalue weighted by Gasteiger charge is -2.15. The van der Waals surface area contributed by atoms with Crippen LogP contribution in [0.1, 0.15) is 25.6 Å². The fourth-order valence-electron chi connectivity index (χ4n) is 2.70. The Morgan fingerprint density at radius 2 is 1.82 bits per heavy atom. The van der Waals surface area contributed by atoms with Gasteiger partial charge in [-0.2, -0.15) is 0 Å². The quantitative estimate of drug-likeness (QED) is 0.719. The number of nitrogens with two attached hydrogens (primary N) is 1. The summed E-state index contributed by atoms with van der Waals surface area (Å²) in [4.78, 5) is 0. The predicted octanol–water partition coefficient (Wildman–Crippen LogP) is 4.52. The molecular weight excluding hydrogens is 279 g/mol. The second kappa shape index (κ2) is 5.72. The maximum atomic E-state index is 12.9. The van der Waals surface area contributed by atoms with Crippen LogP contribution in [0.25, 0.3) is 10.9 Å². The van der Waals surface area contributed by atoms with Crippen LogP contribution in [0.2, 0.25) is 0 Å². The zero-order chi connectivity index (χ0) is 15.7. The van der Waals surface area contributed by atoms with Crippen LogP contribution >= 0.6 is 0 Å². The van der Waals surface area contributed by atoms with Crippen molar-refractivity contribution < 1.29 is 9.13 Å². The Labute approximate surface area is 129 Å². The van der Waals surface area contributed by atoms with Gasteiger partial charge in [-0.05, 0) is 56.3 Å². The maximum Gasteiger partial charge on any atom is 0.128 e. The van der Waals surface area contributed by atoms with Gasteiger partial charge in [0.25, 0.3) is 0 Å². The van der Waals surface area contributed by atoms with Crippen molar-refractivity contribution in [1.82, 2.24) is 4.57 Å². The minimum atomic E-state index is -0.265. The molecule has 114 valence electrons. The number of nitrogens with zero attached hydrogens (tertiary/aromatic N) is 1. The smallest absolute Gasteiger partial charge is 0.128 e. The van der Waals surface area contributed by atoms with Gasteiger partial charge in [0.05, 0.1) is 11.2 Å². The molecule has 2 N–H and O–H groups in total. The Morgan fingerprint density at radius 3 is 2.50 bits per heavy atom. The Bertz CT molecular complexity index is 791. The van der Waals surface area contributed by atoms with Crippen LogP contribution in [0.4, 0.5) is 10.1 Å². The molecule has 0 atom stereocenters. The van der Waals surface area contributed by atoms with Crippen molar-refractivity contribution in [2.75, 3.05) is 5.73 Å². The fraction of sp³-hybridized carbons (Fsp3) is 0.222. The molecule has 3 rings (SSSR count). The summed E-state index contributed by atoms with van der Waals surface area (Å²) in [5.74, 6) is 0.389. The van der Waals surface area contributed by atoms with E-state index in [1.54, 1.807) is 12.1 Å². The number of aromatic nitrogens is 1. The lowest BCUT2D eigenvalue weighted by Crippen LogP contribution is -2.08. The van der Waals surface area contributed by atoms with E-state index in [-0.39, 0.29) is 5.82 Å².